The first-order chi connectivity index (χ1) is 24.5. The summed E-state index contributed by atoms with van der Waals surface area (Å²) in [6, 6.07) is 22.7. The van der Waals surface area contributed by atoms with Crippen molar-refractivity contribution in [2.45, 2.75) is 71.5 Å². The Labute approximate surface area is 297 Å². The molecule has 0 radical (unpaired) electrons. The average molecular weight is 692 g/mol. The number of ether oxygens (including phenoxy) is 3. The van der Waals surface area contributed by atoms with E-state index in [4.69, 9.17) is 14.2 Å². The molecule has 0 heterocycles. The van der Waals surface area contributed by atoms with Gasteiger partial charge in [0, 0.05) is 12.6 Å². The Morgan fingerprint density at radius 2 is 1.65 bits per heavy atom. The van der Waals surface area contributed by atoms with Gasteiger partial charge in [-0.05, 0) is 91.5 Å². The predicted molar refractivity (Wildman–Crippen MR) is 191 cm³/mol. The summed E-state index contributed by atoms with van der Waals surface area (Å²) < 4.78 is 32.5. The Bertz CT molecular complexity index is 2000. The summed E-state index contributed by atoms with van der Waals surface area (Å²) in [5.74, 6) is -2.19. The average Bonchev–Trinajstić information content (AvgIpc) is 3.13. The molecule has 2 aliphatic rings. The number of hydrogen-bond acceptors (Lipinski definition) is 7. The van der Waals surface area contributed by atoms with E-state index in [1.165, 1.54) is 31.4 Å². The first-order valence-corrected chi connectivity index (χ1v) is 17.3. The maximum atomic E-state index is 15.3. The number of rotatable bonds is 11. The summed E-state index contributed by atoms with van der Waals surface area (Å²) in [6.45, 7) is 4.67. The van der Waals surface area contributed by atoms with Crippen LogP contribution in [-0.4, -0.2) is 37.5 Å². The van der Waals surface area contributed by atoms with Crippen molar-refractivity contribution < 1.29 is 33.0 Å². The summed E-state index contributed by atoms with van der Waals surface area (Å²) in [4.78, 5) is 40.1. The lowest BCUT2D eigenvalue weighted by molar-refractivity contribution is -0.159. The van der Waals surface area contributed by atoms with E-state index in [0.29, 0.717) is 32.2 Å². The molecule has 2 aliphatic carbocycles. The van der Waals surface area contributed by atoms with E-state index in [1.807, 2.05) is 55.5 Å². The summed E-state index contributed by atoms with van der Waals surface area (Å²) in [5, 5.41) is 17.3. The molecule has 2 N–H and O–H groups in total. The molecule has 0 aromatic heterocycles. The van der Waals surface area contributed by atoms with Crippen LogP contribution in [0.3, 0.4) is 0 Å². The number of esters is 1. The van der Waals surface area contributed by atoms with Crippen LogP contribution in [0, 0.1) is 28.0 Å². The highest BCUT2D eigenvalue weighted by molar-refractivity contribution is 6.10. The van der Waals surface area contributed by atoms with Crippen LogP contribution in [0.4, 0.5) is 10.1 Å². The second kappa shape index (κ2) is 14.8. The zero-order chi connectivity index (χ0) is 36.2. The molecule has 0 saturated heterocycles. The number of anilines is 1. The van der Waals surface area contributed by atoms with Crippen LogP contribution in [0.25, 0.3) is 10.8 Å². The maximum absolute atomic E-state index is 15.3. The van der Waals surface area contributed by atoms with Gasteiger partial charge in [0.15, 0.2) is 11.6 Å². The molecule has 2 amide bonds. The van der Waals surface area contributed by atoms with Gasteiger partial charge in [-0.15, -0.1) is 0 Å². The number of halogens is 1. The molecule has 4 aromatic carbocycles. The molecule has 4 aromatic rings. The van der Waals surface area contributed by atoms with E-state index in [1.54, 1.807) is 0 Å². The fourth-order valence-electron chi connectivity index (χ4n) is 6.89. The lowest BCUT2D eigenvalue weighted by atomic mass is 9.70. The molecule has 0 bridgehead atoms. The van der Waals surface area contributed by atoms with Gasteiger partial charge in [0.25, 0.3) is 11.8 Å². The van der Waals surface area contributed by atoms with Crippen LogP contribution >= 0.6 is 0 Å². The Kier molecular flexibility index (Phi) is 10.3. The smallest absolute Gasteiger partial charge is 0.312 e. The van der Waals surface area contributed by atoms with Gasteiger partial charge < -0.3 is 24.8 Å². The van der Waals surface area contributed by atoms with Crippen LogP contribution in [0.15, 0.2) is 72.8 Å². The molecule has 0 atom stereocenters. The largest absolute Gasteiger partial charge is 0.496 e. The van der Waals surface area contributed by atoms with Crippen molar-refractivity contribution in [3.05, 3.63) is 101 Å². The second-order valence-electron chi connectivity index (χ2n) is 14.2. The third-order valence-corrected chi connectivity index (χ3v) is 10.4. The lowest BCUT2D eigenvalue weighted by Gasteiger charge is -2.38. The fraction of sp³-hybridized carbons (Fsp3) is 0.366. The SMILES string of the molecule is COc1cc(F)c(OC2CCC(C)(C(=O)OCc3cccc4ccccc34)CC2)cc1C(=O)Nc1cc(C#N)ccc1C(=O)NCC1(C)CCC1. The van der Waals surface area contributed by atoms with Gasteiger partial charge in [0.05, 0.1) is 47.1 Å². The molecule has 6 rings (SSSR count). The number of nitriles is 1. The summed E-state index contributed by atoms with van der Waals surface area (Å²) in [5.41, 5.74) is 0.846. The first kappa shape index (κ1) is 35.4. The van der Waals surface area contributed by atoms with Gasteiger partial charge in [0.1, 0.15) is 12.4 Å². The Morgan fingerprint density at radius 1 is 0.902 bits per heavy atom. The van der Waals surface area contributed by atoms with Gasteiger partial charge in [-0.25, -0.2) is 4.39 Å². The number of hydrogen-bond donors (Lipinski definition) is 2. The molecular weight excluding hydrogens is 649 g/mol. The Balaban J connectivity index is 1.11. The zero-order valence-electron chi connectivity index (χ0n) is 29.1. The molecule has 2 fully saturated rings. The van der Waals surface area contributed by atoms with Crippen molar-refractivity contribution in [2.75, 3.05) is 19.0 Å². The molecule has 0 unspecified atom stereocenters. The highest BCUT2D eigenvalue weighted by Crippen LogP contribution is 2.41. The number of amides is 2. The van der Waals surface area contributed by atoms with Gasteiger partial charge in [-0.1, -0.05) is 55.8 Å². The molecule has 9 nitrogen and oxygen atoms in total. The minimum Gasteiger partial charge on any atom is -0.496 e. The highest BCUT2D eigenvalue weighted by Gasteiger charge is 2.40. The Hall–Kier alpha value is -5.43. The van der Waals surface area contributed by atoms with E-state index in [2.05, 4.69) is 17.6 Å². The number of carbonyl (C=O) groups excluding carboxylic acids is 3. The third kappa shape index (κ3) is 7.83. The molecule has 264 valence electrons. The van der Waals surface area contributed by atoms with E-state index in [0.717, 1.165) is 41.7 Å². The summed E-state index contributed by atoms with van der Waals surface area (Å²) >= 11 is 0. The van der Waals surface area contributed by atoms with Gasteiger partial charge >= 0.3 is 5.97 Å². The molecule has 10 heteroatoms. The number of carbonyl (C=O) groups is 3. The molecule has 0 aliphatic heterocycles. The maximum Gasteiger partial charge on any atom is 0.312 e. The quantitative estimate of drug-likeness (QED) is 0.152. The number of benzene rings is 4. The van der Waals surface area contributed by atoms with Crippen molar-refractivity contribution in [3.63, 3.8) is 0 Å². The van der Waals surface area contributed by atoms with Crippen LogP contribution < -0.4 is 20.1 Å². The van der Waals surface area contributed by atoms with Gasteiger partial charge in [-0.3, -0.25) is 14.4 Å². The van der Waals surface area contributed by atoms with Gasteiger partial charge in [-0.2, -0.15) is 5.26 Å². The number of methoxy groups -OCH3 is 1. The monoisotopic (exact) mass is 691 g/mol. The fourth-order valence-corrected chi connectivity index (χ4v) is 6.89. The van der Waals surface area contributed by atoms with Crippen molar-refractivity contribution in [2.24, 2.45) is 10.8 Å². The molecule has 0 spiro atoms. The minimum atomic E-state index is -0.717. The lowest BCUT2D eigenvalue weighted by Crippen LogP contribution is -2.40. The van der Waals surface area contributed by atoms with Crippen LogP contribution in [0.1, 0.15) is 90.6 Å². The summed E-state index contributed by atoms with van der Waals surface area (Å²) in [7, 11) is 1.32. The Morgan fingerprint density at radius 3 is 2.35 bits per heavy atom. The number of nitrogens with zero attached hydrogens (tertiary/aromatic N) is 1. The molecule has 51 heavy (non-hydrogen) atoms. The summed E-state index contributed by atoms with van der Waals surface area (Å²) in [6.07, 6.45) is 4.69. The number of fused-ring (bicyclic) bond motifs is 1. The van der Waals surface area contributed by atoms with Crippen molar-refractivity contribution in [1.29, 1.82) is 5.26 Å². The van der Waals surface area contributed by atoms with Crippen molar-refractivity contribution >= 4 is 34.2 Å². The zero-order valence-corrected chi connectivity index (χ0v) is 29.1. The first-order valence-electron chi connectivity index (χ1n) is 17.3. The van der Waals surface area contributed by atoms with E-state index in [9.17, 15) is 19.6 Å². The van der Waals surface area contributed by atoms with E-state index < -0.39 is 23.2 Å². The van der Waals surface area contributed by atoms with Crippen molar-refractivity contribution in [3.8, 4) is 17.6 Å². The minimum absolute atomic E-state index is 0.0118. The normalized spacial score (nSPS) is 19.2. The van der Waals surface area contributed by atoms with E-state index in [-0.39, 0.29) is 57.8 Å². The second-order valence-corrected chi connectivity index (χ2v) is 14.2. The molecule has 2 saturated carbocycles. The van der Waals surface area contributed by atoms with Crippen LogP contribution in [-0.2, 0) is 16.1 Å². The predicted octanol–water partition coefficient (Wildman–Crippen LogP) is 8.10. The standard InChI is InChI=1S/C41H42FN3O6/c1-40(16-7-17-40)25-44-37(46)31-13-12-26(23-43)20-34(31)45-38(47)32-21-36(33(42)22-35(32)49-3)51-29-14-18-41(2,19-15-29)39(48)50-24-28-10-6-9-27-8-4-5-11-30(27)28/h4-6,8-13,20-22,29H,7,14-19,24-25H2,1-3H3,(H,44,46)(H,45,47). The third-order valence-electron chi connectivity index (χ3n) is 10.4. The number of nitrogens with one attached hydrogen (secondary N) is 2. The highest BCUT2D eigenvalue weighted by atomic mass is 19.1. The van der Waals surface area contributed by atoms with Crippen LogP contribution in [0.2, 0.25) is 0 Å². The van der Waals surface area contributed by atoms with Crippen LogP contribution in [0.5, 0.6) is 11.5 Å². The van der Waals surface area contributed by atoms with Crippen molar-refractivity contribution in [1.82, 2.24) is 5.32 Å². The van der Waals surface area contributed by atoms with E-state index >= 15 is 4.39 Å². The van der Waals surface area contributed by atoms with Gasteiger partial charge in [0.2, 0.25) is 0 Å². The topological polar surface area (TPSA) is 127 Å². The molecular formula is C41H42FN3O6.